The third-order valence-corrected chi connectivity index (χ3v) is 2.07. The summed E-state index contributed by atoms with van der Waals surface area (Å²) in [6, 6.07) is 15.7. The van der Waals surface area contributed by atoms with Crippen LogP contribution in [-0.2, 0) is 0 Å². The molecule has 0 atom stereocenters. The molecule has 0 aliphatic rings. The van der Waals surface area contributed by atoms with E-state index in [1.54, 1.807) is 30.3 Å². The van der Waals surface area contributed by atoms with E-state index in [1.807, 2.05) is 24.3 Å². The SMILES string of the molecule is CC#N.Oc1ccc(-c2ccc(O)cc2)cc1. The van der Waals surface area contributed by atoms with Gasteiger partial charge in [0.05, 0.1) is 6.07 Å². The van der Waals surface area contributed by atoms with Crippen molar-refractivity contribution in [2.45, 2.75) is 6.92 Å². The van der Waals surface area contributed by atoms with E-state index in [9.17, 15) is 0 Å². The average molecular weight is 227 g/mol. The van der Waals surface area contributed by atoms with Crippen molar-refractivity contribution in [1.82, 2.24) is 0 Å². The number of hydrogen-bond donors (Lipinski definition) is 2. The molecule has 0 aliphatic carbocycles. The first-order chi connectivity index (χ1) is 8.17. The van der Waals surface area contributed by atoms with E-state index in [0.29, 0.717) is 0 Å². The third-order valence-electron chi connectivity index (χ3n) is 2.07. The maximum absolute atomic E-state index is 9.11. The minimum absolute atomic E-state index is 0.257. The van der Waals surface area contributed by atoms with Gasteiger partial charge in [-0.1, -0.05) is 24.3 Å². The second-order valence-electron chi connectivity index (χ2n) is 3.32. The maximum Gasteiger partial charge on any atom is 0.115 e. The molecule has 0 fully saturated rings. The Balaban J connectivity index is 0.000000437. The quantitative estimate of drug-likeness (QED) is 0.785. The highest BCUT2D eigenvalue weighted by molar-refractivity contribution is 5.64. The minimum atomic E-state index is 0.257. The van der Waals surface area contributed by atoms with Gasteiger partial charge in [-0.15, -0.1) is 0 Å². The molecular weight excluding hydrogens is 214 g/mol. The summed E-state index contributed by atoms with van der Waals surface area (Å²) < 4.78 is 0. The highest BCUT2D eigenvalue weighted by Crippen LogP contribution is 2.23. The molecule has 0 amide bonds. The van der Waals surface area contributed by atoms with E-state index in [-0.39, 0.29) is 11.5 Å². The Hall–Kier alpha value is -2.47. The van der Waals surface area contributed by atoms with Gasteiger partial charge in [-0.25, -0.2) is 0 Å². The molecule has 0 saturated carbocycles. The number of hydrogen-bond acceptors (Lipinski definition) is 3. The van der Waals surface area contributed by atoms with Crippen LogP contribution in [0.2, 0.25) is 0 Å². The summed E-state index contributed by atoms with van der Waals surface area (Å²) in [5.41, 5.74) is 2.03. The lowest BCUT2D eigenvalue weighted by Gasteiger charge is -2.01. The summed E-state index contributed by atoms with van der Waals surface area (Å²) in [7, 11) is 0. The van der Waals surface area contributed by atoms with Crippen LogP contribution >= 0.6 is 0 Å². The molecule has 2 aromatic carbocycles. The Morgan fingerprint density at radius 1 is 0.765 bits per heavy atom. The third kappa shape index (κ3) is 3.88. The smallest absolute Gasteiger partial charge is 0.115 e. The molecular formula is C14H13NO2. The zero-order valence-corrected chi connectivity index (χ0v) is 9.46. The van der Waals surface area contributed by atoms with Crippen LogP contribution < -0.4 is 0 Å². The average Bonchev–Trinajstić information content (AvgIpc) is 2.32. The van der Waals surface area contributed by atoms with Crippen LogP contribution in [0.3, 0.4) is 0 Å². The Morgan fingerprint density at radius 3 is 1.24 bits per heavy atom. The molecule has 0 spiro atoms. The Morgan fingerprint density at radius 2 is 1.00 bits per heavy atom. The van der Waals surface area contributed by atoms with Crippen LogP contribution in [0, 0.1) is 11.3 Å². The highest BCUT2D eigenvalue weighted by atomic mass is 16.3. The molecule has 0 aromatic heterocycles. The van der Waals surface area contributed by atoms with Crippen molar-refractivity contribution in [2.24, 2.45) is 0 Å². The number of nitrogens with zero attached hydrogens (tertiary/aromatic N) is 1. The molecule has 17 heavy (non-hydrogen) atoms. The van der Waals surface area contributed by atoms with E-state index >= 15 is 0 Å². The fourth-order valence-corrected chi connectivity index (χ4v) is 1.31. The molecule has 2 N–H and O–H groups in total. The molecule has 3 heteroatoms. The molecule has 86 valence electrons. The summed E-state index contributed by atoms with van der Waals surface area (Å²) in [4.78, 5) is 0. The van der Waals surface area contributed by atoms with Gasteiger partial charge in [-0.2, -0.15) is 5.26 Å². The van der Waals surface area contributed by atoms with Crippen LogP contribution in [0.4, 0.5) is 0 Å². The molecule has 0 heterocycles. The zero-order chi connectivity index (χ0) is 12.7. The van der Waals surface area contributed by atoms with Gasteiger partial charge in [0.1, 0.15) is 11.5 Å². The Bertz CT molecular complexity index is 452. The van der Waals surface area contributed by atoms with Crippen LogP contribution in [0.15, 0.2) is 48.5 Å². The van der Waals surface area contributed by atoms with Gasteiger partial charge in [0.2, 0.25) is 0 Å². The summed E-state index contributed by atoms with van der Waals surface area (Å²) in [5, 5.41) is 25.5. The number of phenolic OH excluding ortho intramolecular Hbond substituents is 2. The molecule has 3 nitrogen and oxygen atoms in total. The van der Waals surface area contributed by atoms with Crippen LogP contribution in [0.25, 0.3) is 11.1 Å². The van der Waals surface area contributed by atoms with E-state index < -0.39 is 0 Å². The van der Waals surface area contributed by atoms with Gasteiger partial charge in [-0.3, -0.25) is 0 Å². The largest absolute Gasteiger partial charge is 0.508 e. The molecule has 0 aliphatic heterocycles. The van der Waals surface area contributed by atoms with Gasteiger partial charge in [0.15, 0.2) is 0 Å². The first-order valence-corrected chi connectivity index (χ1v) is 5.06. The lowest BCUT2D eigenvalue weighted by Crippen LogP contribution is -1.75. The zero-order valence-electron chi connectivity index (χ0n) is 9.46. The number of aromatic hydroxyl groups is 2. The predicted octanol–water partition coefficient (Wildman–Crippen LogP) is 3.29. The van der Waals surface area contributed by atoms with Gasteiger partial charge in [0, 0.05) is 6.92 Å². The standard InChI is InChI=1S/C12H10O2.C2H3N/c13-11-5-1-9(2-6-11)10-3-7-12(14)8-4-10;1-2-3/h1-8,13-14H;1H3. The van der Waals surface area contributed by atoms with E-state index in [4.69, 9.17) is 15.5 Å². The number of phenols is 2. The van der Waals surface area contributed by atoms with Gasteiger partial charge in [0.25, 0.3) is 0 Å². The fraction of sp³-hybridized carbons (Fsp3) is 0.0714. The van der Waals surface area contributed by atoms with Crippen LogP contribution in [0.5, 0.6) is 11.5 Å². The lowest BCUT2D eigenvalue weighted by molar-refractivity contribution is 0.474. The second kappa shape index (κ2) is 6.19. The van der Waals surface area contributed by atoms with E-state index in [0.717, 1.165) is 11.1 Å². The predicted molar refractivity (Wildman–Crippen MR) is 66.5 cm³/mol. The summed E-state index contributed by atoms with van der Waals surface area (Å²) in [5.74, 6) is 0.514. The molecule has 0 bridgehead atoms. The van der Waals surface area contributed by atoms with Gasteiger partial charge in [-0.05, 0) is 35.4 Å². The van der Waals surface area contributed by atoms with Gasteiger partial charge < -0.3 is 10.2 Å². The molecule has 0 saturated heterocycles. The monoisotopic (exact) mass is 227 g/mol. The second-order valence-corrected chi connectivity index (χ2v) is 3.32. The Kier molecular flexibility index (Phi) is 4.58. The fourth-order valence-electron chi connectivity index (χ4n) is 1.31. The summed E-state index contributed by atoms with van der Waals surface area (Å²) >= 11 is 0. The first-order valence-electron chi connectivity index (χ1n) is 5.06. The number of benzene rings is 2. The minimum Gasteiger partial charge on any atom is -0.508 e. The van der Waals surface area contributed by atoms with E-state index in [1.165, 1.54) is 6.92 Å². The summed E-state index contributed by atoms with van der Waals surface area (Å²) in [6.07, 6.45) is 0. The van der Waals surface area contributed by atoms with Crippen molar-refractivity contribution in [3.8, 4) is 28.7 Å². The lowest BCUT2D eigenvalue weighted by atomic mass is 10.1. The topological polar surface area (TPSA) is 64.2 Å². The molecule has 2 rings (SSSR count). The van der Waals surface area contributed by atoms with Crippen molar-refractivity contribution < 1.29 is 10.2 Å². The van der Waals surface area contributed by atoms with Crippen molar-refractivity contribution in [2.75, 3.05) is 0 Å². The molecule has 2 aromatic rings. The normalized spacial score (nSPS) is 8.71. The highest BCUT2D eigenvalue weighted by Gasteiger charge is 1.96. The van der Waals surface area contributed by atoms with Crippen molar-refractivity contribution in [3.63, 3.8) is 0 Å². The number of rotatable bonds is 1. The first kappa shape index (κ1) is 12.6. The van der Waals surface area contributed by atoms with Crippen LogP contribution in [-0.4, -0.2) is 10.2 Å². The van der Waals surface area contributed by atoms with Crippen molar-refractivity contribution >= 4 is 0 Å². The summed E-state index contributed by atoms with van der Waals surface area (Å²) in [6.45, 7) is 1.43. The van der Waals surface area contributed by atoms with E-state index in [2.05, 4.69) is 0 Å². The van der Waals surface area contributed by atoms with Crippen LogP contribution in [0.1, 0.15) is 6.92 Å². The maximum atomic E-state index is 9.11. The van der Waals surface area contributed by atoms with Gasteiger partial charge >= 0.3 is 0 Å². The Labute approximate surface area is 100 Å². The molecule has 0 radical (unpaired) electrons. The van der Waals surface area contributed by atoms with Crippen molar-refractivity contribution in [3.05, 3.63) is 48.5 Å². The molecule has 0 unspecified atom stereocenters. The van der Waals surface area contributed by atoms with Crippen molar-refractivity contribution in [1.29, 1.82) is 5.26 Å². The number of nitriles is 1.